The molecule has 0 aliphatic heterocycles. The fraction of sp³-hybridized carbons (Fsp3) is 0.417. The van der Waals surface area contributed by atoms with Gasteiger partial charge in [-0.05, 0) is 18.4 Å². The molecule has 0 aromatic heterocycles. The molecule has 108 valence electrons. The number of nitro groups is 1. The van der Waals surface area contributed by atoms with Crippen molar-refractivity contribution in [3.63, 3.8) is 0 Å². The fourth-order valence-corrected chi connectivity index (χ4v) is 2.73. The highest BCUT2D eigenvalue weighted by atomic mass is 32.2. The zero-order valence-corrected chi connectivity index (χ0v) is 11.6. The maximum atomic E-state index is 11.7. The fourth-order valence-electron chi connectivity index (χ4n) is 1.54. The van der Waals surface area contributed by atoms with E-state index in [2.05, 4.69) is 4.72 Å². The molecule has 0 atom stereocenters. The van der Waals surface area contributed by atoms with Crippen molar-refractivity contribution in [1.29, 1.82) is 5.26 Å². The zero-order valence-electron chi connectivity index (χ0n) is 10.8. The van der Waals surface area contributed by atoms with Gasteiger partial charge in [-0.1, -0.05) is 12.1 Å². The van der Waals surface area contributed by atoms with Crippen LogP contribution in [0.3, 0.4) is 0 Å². The number of sulfonamides is 1. The minimum absolute atomic E-state index is 0.0735. The first-order valence-electron chi connectivity index (χ1n) is 6.02. The normalized spacial score (nSPS) is 10.9. The molecule has 0 radical (unpaired) electrons. The lowest BCUT2D eigenvalue weighted by Crippen LogP contribution is -2.26. The van der Waals surface area contributed by atoms with Crippen LogP contribution in [0.25, 0.3) is 0 Å². The molecule has 0 aliphatic rings. The summed E-state index contributed by atoms with van der Waals surface area (Å²) in [6.45, 7) is 0.289. The van der Waals surface area contributed by atoms with Crippen molar-refractivity contribution >= 4 is 15.7 Å². The van der Waals surface area contributed by atoms with Crippen molar-refractivity contribution in [2.75, 3.05) is 6.54 Å². The van der Waals surface area contributed by atoms with Crippen LogP contribution in [-0.2, 0) is 15.8 Å². The Bertz CT molecular complexity index is 590. The number of nitro benzene ring substituents is 1. The van der Waals surface area contributed by atoms with Gasteiger partial charge in [0.15, 0.2) is 0 Å². The highest BCUT2D eigenvalue weighted by Crippen LogP contribution is 2.13. The third kappa shape index (κ3) is 5.77. The lowest BCUT2D eigenvalue weighted by atomic mass is 10.2. The Morgan fingerprint density at radius 3 is 2.45 bits per heavy atom. The summed E-state index contributed by atoms with van der Waals surface area (Å²) in [5.41, 5.74) is 0.413. The smallest absolute Gasteiger partial charge is 0.258 e. The van der Waals surface area contributed by atoms with E-state index < -0.39 is 14.9 Å². The average Bonchev–Trinajstić information content (AvgIpc) is 2.38. The SMILES string of the molecule is N#CCCCCNS(=O)(=O)Cc1ccc([N+](=O)[O-])cc1. The van der Waals surface area contributed by atoms with Crippen molar-refractivity contribution in [2.45, 2.75) is 25.0 Å². The summed E-state index contributed by atoms with van der Waals surface area (Å²) < 4.78 is 25.9. The molecule has 20 heavy (non-hydrogen) atoms. The van der Waals surface area contributed by atoms with Gasteiger partial charge in [-0.25, -0.2) is 13.1 Å². The van der Waals surface area contributed by atoms with Crippen LogP contribution in [0.1, 0.15) is 24.8 Å². The van der Waals surface area contributed by atoms with Crippen molar-refractivity contribution < 1.29 is 13.3 Å². The molecular formula is C12H15N3O4S. The van der Waals surface area contributed by atoms with Crippen LogP contribution in [0, 0.1) is 21.4 Å². The molecule has 0 heterocycles. The van der Waals surface area contributed by atoms with E-state index in [4.69, 9.17) is 5.26 Å². The summed E-state index contributed by atoms with van der Waals surface area (Å²) in [5.74, 6) is -0.219. The maximum absolute atomic E-state index is 11.7. The summed E-state index contributed by atoms with van der Waals surface area (Å²) in [6.07, 6.45) is 1.66. The zero-order chi connectivity index (χ0) is 15.0. The van der Waals surface area contributed by atoms with E-state index in [1.165, 1.54) is 24.3 Å². The van der Waals surface area contributed by atoms with Gasteiger partial charge in [0.2, 0.25) is 10.0 Å². The lowest BCUT2D eigenvalue weighted by molar-refractivity contribution is -0.384. The van der Waals surface area contributed by atoms with E-state index >= 15 is 0 Å². The van der Waals surface area contributed by atoms with Crippen LogP contribution in [-0.4, -0.2) is 19.9 Å². The van der Waals surface area contributed by atoms with Crippen LogP contribution < -0.4 is 4.72 Å². The third-order valence-corrected chi connectivity index (χ3v) is 3.90. The lowest BCUT2D eigenvalue weighted by Gasteiger charge is -2.06. The summed E-state index contributed by atoms with van der Waals surface area (Å²) in [7, 11) is -3.46. The molecule has 0 spiro atoms. The van der Waals surface area contributed by atoms with Gasteiger partial charge in [0.25, 0.3) is 5.69 Å². The van der Waals surface area contributed by atoms with Gasteiger partial charge in [-0.15, -0.1) is 0 Å². The molecule has 0 saturated carbocycles. The first kappa shape index (κ1) is 16.1. The summed E-state index contributed by atoms with van der Waals surface area (Å²) >= 11 is 0. The van der Waals surface area contributed by atoms with Gasteiger partial charge < -0.3 is 0 Å². The van der Waals surface area contributed by atoms with Crippen molar-refractivity contribution in [3.05, 3.63) is 39.9 Å². The first-order valence-corrected chi connectivity index (χ1v) is 7.67. The van der Waals surface area contributed by atoms with Gasteiger partial charge in [0, 0.05) is 25.1 Å². The molecule has 1 N–H and O–H groups in total. The molecule has 0 amide bonds. The predicted octanol–water partition coefficient (Wildman–Crippen LogP) is 1.71. The molecule has 0 fully saturated rings. The number of nitrogens with one attached hydrogen (secondary N) is 1. The highest BCUT2D eigenvalue weighted by molar-refractivity contribution is 7.88. The van der Waals surface area contributed by atoms with E-state index in [1.807, 2.05) is 6.07 Å². The number of nitriles is 1. The number of nitrogens with zero attached hydrogens (tertiary/aromatic N) is 2. The van der Waals surface area contributed by atoms with Gasteiger partial charge >= 0.3 is 0 Å². The van der Waals surface area contributed by atoms with E-state index in [0.717, 1.165) is 0 Å². The predicted molar refractivity (Wildman–Crippen MR) is 73.2 cm³/mol. The van der Waals surface area contributed by atoms with Gasteiger partial charge in [-0.3, -0.25) is 10.1 Å². The molecule has 0 aliphatic carbocycles. The second-order valence-corrected chi connectivity index (χ2v) is 6.00. The summed E-state index contributed by atoms with van der Waals surface area (Å²) in [5, 5.41) is 18.8. The van der Waals surface area contributed by atoms with Crippen LogP contribution in [0.5, 0.6) is 0 Å². The van der Waals surface area contributed by atoms with Crippen LogP contribution in [0.15, 0.2) is 24.3 Å². The summed E-state index contributed by atoms with van der Waals surface area (Å²) in [6, 6.07) is 7.39. The Morgan fingerprint density at radius 1 is 1.25 bits per heavy atom. The quantitative estimate of drug-likeness (QED) is 0.446. The van der Waals surface area contributed by atoms with Gasteiger partial charge in [0.1, 0.15) is 0 Å². The van der Waals surface area contributed by atoms with Gasteiger partial charge in [-0.2, -0.15) is 5.26 Å². The second-order valence-electron chi connectivity index (χ2n) is 4.19. The molecule has 1 aromatic rings. The molecule has 0 saturated heterocycles. The highest BCUT2D eigenvalue weighted by Gasteiger charge is 2.12. The number of benzene rings is 1. The van der Waals surface area contributed by atoms with Crippen LogP contribution in [0.2, 0.25) is 0 Å². The van der Waals surface area contributed by atoms with E-state index in [0.29, 0.717) is 24.8 Å². The van der Waals surface area contributed by atoms with Crippen LogP contribution >= 0.6 is 0 Å². The number of hydrogen-bond acceptors (Lipinski definition) is 5. The first-order chi connectivity index (χ1) is 9.44. The van der Waals surface area contributed by atoms with E-state index in [-0.39, 0.29) is 18.0 Å². The number of non-ortho nitro benzene ring substituents is 1. The molecule has 8 heteroatoms. The second kappa shape index (κ2) is 7.57. The van der Waals surface area contributed by atoms with E-state index in [9.17, 15) is 18.5 Å². The van der Waals surface area contributed by atoms with Crippen molar-refractivity contribution in [1.82, 2.24) is 4.72 Å². The molecule has 7 nitrogen and oxygen atoms in total. The minimum atomic E-state index is -3.46. The Balaban J connectivity index is 2.49. The Kier molecular flexibility index (Phi) is 6.09. The van der Waals surface area contributed by atoms with E-state index in [1.54, 1.807) is 0 Å². The topological polar surface area (TPSA) is 113 Å². The summed E-state index contributed by atoms with van der Waals surface area (Å²) in [4.78, 5) is 9.94. The standard InChI is InChI=1S/C12H15N3O4S/c13-8-2-1-3-9-14-20(18,19)10-11-4-6-12(7-5-11)15(16)17/h4-7,14H,1-3,9-10H2. The molecular weight excluding hydrogens is 282 g/mol. The Labute approximate surface area is 117 Å². The molecule has 0 bridgehead atoms. The molecule has 1 aromatic carbocycles. The molecule has 0 unspecified atom stereocenters. The van der Waals surface area contributed by atoms with Crippen molar-refractivity contribution in [3.8, 4) is 6.07 Å². The Hall–Kier alpha value is -1.98. The third-order valence-electron chi connectivity index (χ3n) is 2.54. The van der Waals surface area contributed by atoms with Crippen molar-refractivity contribution in [2.24, 2.45) is 0 Å². The number of unbranched alkanes of at least 4 members (excludes halogenated alkanes) is 2. The Morgan fingerprint density at radius 2 is 1.90 bits per heavy atom. The minimum Gasteiger partial charge on any atom is -0.258 e. The number of hydrogen-bond donors (Lipinski definition) is 1. The monoisotopic (exact) mass is 297 g/mol. The average molecular weight is 297 g/mol. The molecule has 1 rings (SSSR count). The maximum Gasteiger partial charge on any atom is 0.269 e. The largest absolute Gasteiger partial charge is 0.269 e. The number of rotatable bonds is 8. The van der Waals surface area contributed by atoms with Gasteiger partial charge in [0.05, 0.1) is 16.7 Å². The van der Waals surface area contributed by atoms with Crippen LogP contribution in [0.4, 0.5) is 5.69 Å².